The fourth-order valence-electron chi connectivity index (χ4n) is 0.775. The van der Waals surface area contributed by atoms with Crippen LogP contribution in [-0.4, -0.2) is 10.2 Å². The predicted molar refractivity (Wildman–Crippen MR) is 37.1 cm³/mol. The molecule has 0 saturated carbocycles. The van der Waals surface area contributed by atoms with Crippen molar-refractivity contribution in [3.8, 4) is 6.07 Å². The minimum Gasteiger partial charge on any atom is -0.381 e. The lowest BCUT2D eigenvalue weighted by Gasteiger charge is -1.86. The van der Waals surface area contributed by atoms with E-state index >= 15 is 0 Å². The number of nitrogens with zero attached hydrogens (tertiary/aromatic N) is 2. The van der Waals surface area contributed by atoms with Gasteiger partial charge in [-0.05, 0) is 6.42 Å². The summed E-state index contributed by atoms with van der Waals surface area (Å²) < 4.78 is 0. The number of anilines is 1. The smallest absolute Gasteiger partial charge is 0.163 e. The monoisotopic (exact) mass is 136 g/mol. The Bertz CT molecular complexity index is 268. The third kappa shape index (κ3) is 0.818. The molecule has 0 spiro atoms. The summed E-state index contributed by atoms with van der Waals surface area (Å²) in [4.78, 5) is 0. The highest BCUT2D eigenvalue weighted by Crippen LogP contribution is 2.10. The molecule has 4 heteroatoms. The lowest BCUT2D eigenvalue weighted by atomic mass is 10.2. The highest BCUT2D eigenvalue weighted by molar-refractivity contribution is 5.50. The van der Waals surface area contributed by atoms with E-state index < -0.39 is 0 Å². The number of hydrogen-bond donors (Lipinski definition) is 2. The molecule has 0 aliphatic heterocycles. The van der Waals surface area contributed by atoms with Crippen LogP contribution in [0.2, 0.25) is 0 Å². The molecule has 1 aromatic heterocycles. The van der Waals surface area contributed by atoms with E-state index in [9.17, 15) is 0 Å². The van der Waals surface area contributed by atoms with E-state index in [2.05, 4.69) is 10.2 Å². The van der Waals surface area contributed by atoms with E-state index in [1.807, 2.05) is 13.0 Å². The van der Waals surface area contributed by atoms with E-state index in [1.165, 1.54) is 0 Å². The largest absolute Gasteiger partial charge is 0.381 e. The van der Waals surface area contributed by atoms with Gasteiger partial charge in [-0.25, -0.2) is 0 Å². The molecule has 52 valence electrons. The second-order valence-electron chi connectivity index (χ2n) is 1.93. The van der Waals surface area contributed by atoms with Crippen LogP contribution in [0.15, 0.2) is 0 Å². The minimum absolute atomic E-state index is 0.291. The van der Waals surface area contributed by atoms with E-state index in [-0.39, 0.29) is 0 Å². The first-order chi connectivity index (χ1) is 4.79. The number of rotatable bonds is 1. The summed E-state index contributed by atoms with van der Waals surface area (Å²) in [6, 6.07) is 1.98. The third-order valence-electron chi connectivity index (χ3n) is 1.33. The number of aryl methyl sites for hydroxylation is 1. The van der Waals surface area contributed by atoms with E-state index in [0.717, 1.165) is 12.1 Å². The van der Waals surface area contributed by atoms with Crippen LogP contribution in [0.5, 0.6) is 0 Å². The van der Waals surface area contributed by atoms with Gasteiger partial charge in [0.1, 0.15) is 11.6 Å². The van der Waals surface area contributed by atoms with Crippen LogP contribution >= 0.6 is 0 Å². The summed E-state index contributed by atoms with van der Waals surface area (Å²) in [5, 5.41) is 14.9. The zero-order valence-corrected chi connectivity index (χ0v) is 5.68. The van der Waals surface area contributed by atoms with Crippen molar-refractivity contribution in [1.29, 1.82) is 5.26 Å². The zero-order chi connectivity index (χ0) is 7.56. The molecule has 0 unspecified atom stereocenters. The molecule has 0 fully saturated rings. The SMILES string of the molecule is CCc1[nH]nc(N)c1C#N. The van der Waals surface area contributed by atoms with Crippen molar-refractivity contribution in [2.24, 2.45) is 0 Å². The van der Waals surface area contributed by atoms with Gasteiger partial charge in [0.25, 0.3) is 0 Å². The summed E-state index contributed by atoms with van der Waals surface area (Å²) in [6.45, 7) is 1.94. The van der Waals surface area contributed by atoms with Crippen LogP contribution in [0.4, 0.5) is 5.82 Å². The molecule has 0 atom stereocenters. The van der Waals surface area contributed by atoms with Crippen LogP contribution in [0, 0.1) is 11.3 Å². The third-order valence-corrected chi connectivity index (χ3v) is 1.33. The Morgan fingerprint density at radius 1 is 1.80 bits per heavy atom. The normalized spacial score (nSPS) is 9.20. The Hall–Kier alpha value is -1.50. The molecule has 1 heterocycles. The fraction of sp³-hybridized carbons (Fsp3) is 0.333. The van der Waals surface area contributed by atoms with Gasteiger partial charge >= 0.3 is 0 Å². The van der Waals surface area contributed by atoms with Crippen molar-refractivity contribution in [1.82, 2.24) is 10.2 Å². The van der Waals surface area contributed by atoms with E-state index in [0.29, 0.717) is 11.4 Å². The topological polar surface area (TPSA) is 78.5 Å². The van der Waals surface area contributed by atoms with Crippen LogP contribution in [-0.2, 0) is 6.42 Å². The molecule has 0 amide bonds. The number of nitriles is 1. The molecule has 3 N–H and O–H groups in total. The quantitative estimate of drug-likeness (QED) is 0.587. The van der Waals surface area contributed by atoms with Crippen molar-refractivity contribution in [3.05, 3.63) is 11.3 Å². The van der Waals surface area contributed by atoms with Crippen molar-refractivity contribution in [2.75, 3.05) is 5.73 Å². The standard InChI is InChI=1S/C6H8N4/c1-2-5-4(3-7)6(8)10-9-5/h2H2,1H3,(H3,8,9,10). The second-order valence-corrected chi connectivity index (χ2v) is 1.93. The van der Waals surface area contributed by atoms with Gasteiger partial charge < -0.3 is 5.73 Å². The Morgan fingerprint density at radius 2 is 2.50 bits per heavy atom. The summed E-state index contributed by atoms with van der Waals surface area (Å²) in [5.41, 5.74) is 6.64. The molecule has 0 saturated heterocycles. The minimum atomic E-state index is 0.291. The second kappa shape index (κ2) is 2.40. The average Bonchev–Trinajstić information content (AvgIpc) is 2.30. The van der Waals surface area contributed by atoms with Crippen LogP contribution in [0.25, 0.3) is 0 Å². The highest BCUT2D eigenvalue weighted by Gasteiger charge is 2.06. The summed E-state index contributed by atoms with van der Waals surface area (Å²) >= 11 is 0. The number of aromatic nitrogens is 2. The van der Waals surface area contributed by atoms with Crippen LogP contribution < -0.4 is 5.73 Å². The maximum atomic E-state index is 8.53. The molecule has 10 heavy (non-hydrogen) atoms. The fourth-order valence-corrected chi connectivity index (χ4v) is 0.775. The Kier molecular flexibility index (Phi) is 1.59. The number of H-pyrrole nitrogens is 1. The first-order valence-electron chi connectivity index (χ1n) is 3.02. The van der Waals surface area contributed by atoms with E-state index in [4.69, 9.17) is 11.0 Å². The lowest BCUT2D eigenvalue weighted by molar-refractivity contribution is 0.974. The summed E-state index contributed by atoms with van der Waals surface area (Å²) in [5.74, 6) is 0.291. The maximum absolute atomic E-state index is 8.53. The van der Waals surface area contributed by atoms with Crippen molar-refractivity contribution >= 4 is 5.82 Å². The summed E-state index contributed by atoms with van der Waals surface area (Å²) in [7, 11) is 0. The van der Waals surface area contributed by atoms with Gasteiger partial charge in [0.2, 0.25) is 0 Å². The van der Waals surface area contributed by atoms with Gasteiger partial charge in [-0.1, -0.05) is 6.92 Å². The van der Waals surface area contributed by atoms with Gasteiger partial charge in [-0.2, -0.15) is 10.4 Å². The molecule has 1 rings (SSSR count). The number of nitrogen functional groups attached to an aromatic ring is 1. The van der Waals surface area contributed by atoms with Crippen LogP contribution in [0.3, 0.4) is 0 Å². The Labute approximate surface area is 58.7 Å². The number of hydrogen-bond acceptors (Lipinski definition) is 3. The Balaban J connectivity index is 3.17. The zero-order valence-electron chi connectivity index (χ0n) is 5.68. The molecule has 0 aromatic carbocycles. The molecule has 0 radical (unpaired) electrons. The molecule has 0 aliphatic carbocycles. The molecular weight excluding hydrogens is 128 g/mol. The number of aromatic amines is 1. The molecule has 0 bridgehead atoms. The molecular formula is C6H8N4. The molecule has 0 aliphatic rings. The van der Waals surface area contributed by atoms with Crippen molar-refractivity contribution < 1.29 is 0 Å². The van der Waals surface area contributed by atoms with Gasteiger partial charge in [0.15, 0.2) is 5.82 Å². The van der Waals surface area contributed by atoms with Crippen molar-refractivity contribution in [3.63, 3.8) is 0 Å². The van der Waals surface area contributed by atoms with Gasteiger partial charge in [-0.15, -0.1) is 0 Å². The number of nitrogens with two attached hydrogens (primary N) is 1. The average molecular weight is 136 g/mol. The molecule has 4 nitrogen and oxygen atoms in total. The van der Waals surface area contributed by atoms with Gasteiger partial charge in [0.05, 0.1) is 5.69 Å². The first-order valence-corrected chi connectivity index (χ1v) is 3.02. The lowest BCUT2D eigenvalue weighted by Crippen LogP contribution is -1.88. The van der Waals surface area contributed by atoms with Gasteiger partial charge in [-0.3, -0.25) is 5.10 Å². The maximum Gasteiger partial charge on any atom is 0.163 e. The van der Waals surface area contributed by atoms with Gasteiger partial charge in [0, 0.05) is 0 Å². The first kappa shape index (κ1) is 6.62. The summed E-state index contributed by atoms with van der Waals surface area (Å²) in [6.07, 6.45) is 0.757. The highest BCUT2D eigenvalue weighted by atomic mass is 15.2. The number of nitrogens with one attached hydrogen (secondary N) is 1. The van der Waals surface area contributed by atoms with E-state index in [1.54, 1.807) is 0 Å². The predicted octanol–water partition coefficient (Wildman–Crippen LogP) is 0.426. The van der Waals surface area contributed by atoms with Crippen LogP contribution in [0.1, 0.15) is 18.2 Å². The molecule has 1 aromatic rings. The Morgan fingerprint density at radius 3 is 2.90 bits per heavy atom. The van der Waals surface area contributed by atoms with Crippen molar-refractivity contribution in [2.45, 2.75) is 13.3 Å².